The van der Waals surface area contributed by atoms with Gasteiger partial charge in [0, 0.05) is 35.1 Å². The summed E-state index contributed by atoms with van der Waals surface area (Å²) in [6.45, 7) is 6.01. The van der Waals surface area contributed by atoms with Gasteiger partial charge in [-0.1, -0.05) is 36.7 Å². The maximum absolute atomic E-state index is 12.0. The molecule has 0 unspecified atom stereocenters. The smallest absolute Gasteiger partial charge is 0.336 e. The minimum absolute atomic E-state index is 0.282. The van der Waals surface area contributed by atoms with Crippen molar-refractivity contribution in [2.24, 2.45) is 0 Å². The predicted octanol–water partition coefficient (Wildman–Crippen LogP) is 4.87. The summed E-state index contributed by atoms with van der Waals surface area (Å²) in [7, 11) is 0. The van der Waals surface area contributed by atoms with Crippen molar-refractivity contribution in [3.63, 3.8) is 0 Å². The van der Waals surface area contributed by atoms with Gasteiger partial charge in [0.1, 0.15) is 11.3 Å². The molecule has 136 valence electrons. The molecule has 0 aliphatic heterocycles. The summed E-state index contributed by atoms with van der Waals surface area (Å²) in [5, 5.41) is 11.6. The van der Waals surface area contributed by atoms with Gasteiger partial charge in [-0.05, 0) is 49.2 Å². The zero-order chi connectivity index (χ0) is 18.7. The Hall–Kier alpha value is -2.30. The average Bonchev–Trinajstić information content (AvgIpc) is 2.59. The number of hydrogen-bond acceptors (Lipinski definition) is 4. The van der Waals surface area contributed by atoms with E-state index in [-0.39, 0.29) is 11.4 Å². The Balaban J connectivity index is 1.97. The molecule has 26 heavy (non-hydrogen) atoms. The lowest BCUT2D eigenvalue weighted by atomic mass is 10.1. The molecule has 5 heteroatoms. The van der Waals surface area contributed by atoms with Crippen molar-refractivity contribution in [2.75, 3.05) is 6.54 Å². The van der Waals surface area contributed by atoms with Gasteiger partial charge in [0.25, 0.3) is 0 Å². The number of benzene rings is 2. The third-order valence-electron chi connectivity index (χ3n) is 4.43. The Morgan fingerprint density at radius 2 is 1.85 bits per heavy atom. The van der Waals surface area contributed by atoms with Gasteiger partial charge < -0.3 is 9.52 Å². The molecule has 0 saturated carbocycles. The van der Waals surface area contributed by atoms with E-state index in [0.29, 0.717) is 23.7 Å². The van der Waals surface area contributed by atoms with E-state index in [2.05, 4.69) is 11.8 Å². The molecule has 3 rings (SSSR count). The molecule has 0 amide bonds. The normalized spacial score (nSPS) is 11.4. The first-order valence-corrected chi connectivity index (χ1v) is 9.08. The van der Waals surface area contributed by atoms with E-state index in [1.54, 1.807) is 12.1 Å². The van der Waals surface area contributed by atoms with Crippen LogP contribution >= 0.6 is 11.6 Å². The zero-order valence-electron chi connectivity index (χ0n) is 15.0. The molecule has 0 fully saturated rings. The Labute approximate surface area is 157 Å². The van der Waals surface area contributed by atoms with Crippen LogP contribution in [0.4, 0.5) is 0 Å². The minimum atomic E-state index is -0.367. The van der Waals surface area contributed by atoms with Crippen molar-refractivity contribution in [1.29, 1.82) is 0 Å². The Morgan fingerprint density at radius 3 is 2.58 bits per heavy atom. The predicted molar refractivity (Wildman–Crippen MR) is 105 cm³/mol. The van der Waals surface area contributed by atoms with Crippen LogP contribution in [0.25, 0.3) is 11.0 Å². The van der Waals surface area contributed by atoms with Crippen molar-refractivity contribution in [3.8, 4) is 5.75 Å². The van der Waals surface area contributed by atoms with Gasteiger partial charge in [-0.3, -0.25) is 4.90 Å². The molecule has 0 bridgehead atoms. The lowest BCUT2D eigenvalue weighted by Gasteiger charge is -2.23. The highest BCUT2D eigenvalue weighted by Crippen LogP contribution is 2.27. The highest BCUT2D eigenvalue weighted by Gasteiger charge is 2.14. The molecule has 4 nitrogen and oxygen atoms in total. The summed E-state index contributed by atoms with van der Waals surface area (Å²) in [5.41, 5.74) is 2.80. The van der Waals surface area contributed by atoms with E-state index in [1.165, 1.54) is 6.07 Å². The molecule has 0 radical (unpaired) electrons. The highest BCUT2D eigenvalue weighted by atomic mass is 35.5. The Kier molecular flexibility index (Phi) is 5.64. The molecule has 1 heterocycles. The van der Waals surface area contributed by atoms with Crippen LogP contribution in [0.15, 0.2) is 51.7 Å². The van der Waals surface area contributed by atoms with E-state index in [1.807, 2.05) is 31.2 Å². The first-order chi connectivity index (χ1) is 12.5. The van der Waals surface area contributed by atoms with Crippen LogP contribution in [0, 0.1) is 6.92 Å². The number of hydrogen-bond donors (Lipinski definition) is 1. The lowest BCUT2D eigenvalue weighted by molar-refractivity contribution is 0.254. The van der Waals surface area contributed by atoms with Crippen molar-refractivity contribution in [3.05, 3.63) is 74.6 Å². The van der Waals surface area contributed by atoms with Crippen LogP contribution < -0.4 is 5.63 Å². The summed E-state index contributed by atoms with van der Waals surface area (Å²) in [4.78, 5) is 14.2. The molecule has 0 saturated heterocycles. The molecule has 0 aliphatic carbocycles. The maximum atomic E-state index is 12.0. The number of para-hydroxylation sites is 1. The van der Waals surface area contributed by atoms with Crippen molar-refractivity contribution >= 4 is 22.6 Å². The molecule has 2 aromatic carbocycles. The first-order valence-electron chi connectivity index (χ1n) is 8.70. The standard InChI is InChI=1S/C21H22ClNO3/c1-3-8-23(12-15-6-4-5-7-19(15)24)13-16-10-21(25)26-20-9-14(2)18(22)11-17(16)20/h4-7,9-11,24H,3,8,12-13H2,1-2H3. The van der Waals surface area contributed by atoms with E-state index in [0.717, 1.165) is 35.0 Å². The quantitative estimate of drug-likeness (QED) is 0.628. The second-order valence-corrected chi connectivity index (χ2v) is 6.93. The van der Waals surface area contributed by atoms with Crippen LogP contribution in [-0.4, -0.2) is 16.6 Å². The van der Waals surface area contributed by atoms with E-state index >= 15 is 0 Å². The van der Waals surface area contributed by atoms with Gasteiger partial charge in [-0.15, -0.1) is 0 Å². The number of rotatable bonds is 6. The second kappa shape index (κ2) is 7.94. The van der Waals surface area contributed by atoms with Crippen molar-refractivity contribution in [2.45, 2.75) is 33.4 Å². The van der Waals surface area contributed by atoms with Gasteiger partial charge in [0.15, 0.2) is 0 Å². The van der Waals surface area contributed by atoms with Gasteiger partial charge in [0.2, 0.25) is 0 Å². The molecule has 0 atom stereocenters. The van der Waals surface area contributed by atoms with E-state index < -0.39 is 0 Å². The fourth-order valence-electron chi connectivity index (χ4n) is 3.14. The second-order valence-electron chi connectivity index (χ2n) is 6.53. The molecule has 0 aliphatic rings. The van der Waals surface area contributed by atoms with Crippen molar-refractivity contribution in [1.82, 2.24) is 4.90 Å². The van der Waals surface area contributed by atoms with Gasteiger partial charge in [-0.25, -0.2) is 4.79 Å². The monoisotopic (exact) mass is 371 g/mol. The highest BCUT2D eigenvalue weighted by molar-refractivity contribution is 6.32. The van der Waals surface area contributed by atoms with Crippen molar-refractivity contribution < 1.29 is 9.52 Å². The van der Waals surface area contributed by atoms with Gasteiger partial charge in [-0.2, -0.15) is 0 Å². The third-order valence-corrected chi connectivity index (χ3v) is 4.84. The number of phenolic OH excluding ortho intramolecular Hbond substituents is 1. The molecule has 0 spiro atoms. The van der Waals surface area contributed by atoms with Crippen LogP contribution in [0.3, 0.4) is 0 Å². The SMILES string of the molecule is CCCN(Cc1ccccc1O)Cc1cc(=O)oc2cc(C)c(Cl)cc12. The molecule has 1 N–H and O–H groups in total. The van der Waals surface area contributed by atoms with Crippen LogP contribution in [0.2, 0.25) is 5.02 Å². The lowest BCUT2D eigenvalue weighted by Crippen LogP contribution is -2.24. The number of aryl methyl sites for hydroxylation is 1. The number of nitrogens with zero attached hydrogens (tertiary/aromatic N) is 1. The van der Waals surface area contributed by atoms with Gasteiger partial charge in [0.05, 0.1) is 0 Å². The van der Waals surface area contributed by atoms with E-state index in [9.17, 15) is 9.90 Å². The van der Waals surface area contributed by atoms with Crippen LogP contribution in [0.5, 0.6) is 5.75 Å². The molecular weight excluding hydrogens is 350 g/mol. The summed E-state index contributed by atoms with van der Waals surface area (Å²) in [5.74, 6) is 0.282. The van der Waals surface area contributed by atoms with Crippen LogP contribution in [-0.2, 0) is 13.1 Å². The summed E-state index contributed by atoms with van der Waals surface area (Å²) >= 11 is 6.28. The number of phenols is 1. The summed E-state index contributed by atoms with van der Waals surface area (Å²) < 4.78 is 5.34. The Bertz CT molecular complexity index is 981. The average molecular weight is 372 g/mol. The fraction of sp³-hybridized carbons (Fsp3) is 0.286. The zero-order valence-corrected chi connectivity index (χ0v) is 15.7. The van der Waals surface area contributed by atoms with Gasteiger partial charge >= 0.3 is 5.63 Å². The first kappa shape index (κ1) is 18.5. The largest absolute Gasteiger partial charge is 0.508 e. The number of halogens is 1. The number of fused-ring (bicyclic) bond motifs is 1. The minimum Gasteiger partial charge on any atom is -0.508 e. The molecule has 3 aromatic rings. The Morgan fingerprint density at radius 1 is 1.12 bits per heavy atom. The topological polar surface area (TPSA) is 53.7 Å². The fourth-order valence-corrected chi connectivity index (χ4v) is 3.30. The molecular formula is C21H22ClNO3. The van der Waals surface area contributed by atoms with E-state index in [4.69, 9.17) is 16.0 Å². The number of aromatic hydroxyl groups is 1. The summed E-state index contributed by atoms with van der Waals surface area (Å²) in [6.07, 6.45) is 0.965. The van der Waals surface area contributed by atoms with Crippen LogP contribution in [0.1, 0.15) is 30.0 Å². The third kappa shape index (κ3) is 4.09. The maximum Gasteiger partial charge on any atom is 0.336 e. The summed E-state index contributed by atoms with van der Waals surface area (Å²) in [6, 6.07) is 12.5. The molecule has 1 aromatic heterocycles.